The highest BCUT2D eigenvalue weighted by Crippen LogP contribution is 2.29. The normalized spacial score (nSPS) is 16.4. The molecule has 0 atom stereocenters. The summed E-state index contributed by atoms with van der Waals surface area (Å²) in [6.45, 7) is 8.24. The lowest BCUT2D eigenvalue weighted by atomic mass is 10.1. The number of para-hydroxylation sites is 1. The molecule has 3 rings (SSSR count). The summed E-state index contributed by atoms with van der Waals surface area (Å²) in [4.78, 5) is 15.9. The number of hydrogen-bond acceptors (Lipinski definition) is 3. The molecule has 0 saturated carbocycles. The monoisotopic (exact) mass is 280 g/mol. The fourth-order valence-electron chi connectivity index (χ4n) is 2.66. The van der Waals surface area contributed by atoms with Gasteiger partial charge in [0.15, 0.2) is 11.6 Å². The first-order chi connectivity index (χ1) is 10.1. The van der Waals surface area contributed by atoms with E-state index >= 15 is 0 Å². The minimum Gasteiger partial charge on any atom is -0.407 e. The van der Waals surface area contributed by atoms with Crippen LogP contribution in [0.1, 0.15) is 18.2 Å². The Hall–Kier alpha value is -2.62. The topological polar surface area (TPSA) is 43.6 Å². The fraction of sp³-hybridized carbons (Fsp3) is 0.176. The van der Waals surface area contributed by atoms with Crippen LogP contribution in [-0.2, 0) is 16.1 Å². The van der Waals surface area contributed by atoms with Crippen molar-refractivity contribution >= 4 is 28.8 Å². The molecule has 4 nitrogen and oxygen atoms in total. The van der Waals surface area contributed by atoms with E-state index in [0.29, 0.717) is 11.6 Å². The van der Waals surface area contributed by atoms with Crippen molar-refractivity contribution in [2.75, 3.05) is 0 Å². The maximum absolute atomic E-state index is 11.7. The Morgan fingerprint density at radius 1 is 1.33 bits per heavy atom. The van der Waals surface area contributed by atoms with Crippen molar-refractivity contribution in [2.24, 2.45) is 4.99 Å². The smallest absolute Gasteiger partial charge is 0.363 e. The van der Waals surface area contributed by atoms with Crippen LogP contribution in [0.4, 0.5) is 0 Å². The minimum atomic E-state index is -0.396. The van der Waals surface area contributed by atoms with Crippen LogP contribution in [0.25, 0.3) is 17.0 Å². The Balaban J connectivity index is 2.24. The molecule has 2 aromatic rings. The first-order valence-electron chi connectivity index (χ1n) is 6.79. The van der Waals surface area contributed by atoms with Crippen LogP contribution in [0.5, 0.6) is 0 Å². The quantitative estimate of drug-likeness (QED) is 0.491. The number of nitrogens with zero attached hydrogens (tertiary/aromatic N) is 2. The number of carbonyl (C=O) groups is 1. The molecule has 1 aromatic heterocycles. The van der Waals surface area contributed by atoms with E-state index in [1.165, 1.54) is 0 Å². The molecule has 0 saturated heterocycles. The first kappa shape index (κ1) is 13.4. The highest BCUT2D eigenvalue weighted by atomic mass is 16.6. The largest absolute Gasteiger partial charge is 0.407 e. The van der Waals surface area contributed by atoms with Gasteiger partial charge in [-0.1, -0.05) is 24.3 Å². The van der Waals surface area contributed by atoms with Crippen molar-refractivity contribution < 1.29 is 9.53 Å². The molecule has 0 aliphatic carbocycles. The first-order valence-corrected chi connectivity index (χ1v) is 6.79. The predicted octanol–water partition coefficient (Wildman–Crippen LogP) is 3.45. The molecule has 0 amide bonds. The lowest BCUT2D eigenvalue weighted by Gasteiger charge is -2.04. The summed E-state index contributed by atoms with van der Waals surface area (Å²) in [5.41, 5.74) is 3.54. The summed E-state index contributed by atoms with van der Waals surface area (Å²) in [6.07, 6.45) is 3.67. The van der Waals surface area contributed by atoms with Crippen LogP contribution >= 0.6 is 0 Å². The van der Waals surface area contributed by atoms with Crippen LogP contribution in [0.2, 0.25) is 0 Å². The standard InChI is InChI=1S/C17H16N2O2/c1-4-9-19-11(2)14(13-7-5-6-8-16(13)19)10-15-17(20)21-12(3)18-15/h4-8,10H,1,9H2,2-3H3/b15-10+. The predicted molar refractivity (Wildman–Crippen MR) is 84.1 cm³/mol. The highest BCUT2D eigenvalue weighted by molar-refractivity contribution is 6.08. The van der Waals surface area contributed by atoms with Crippen LogP contribution in [0, 0.1) is 6.92 Å². The summed E-state index contributed by atoms with van der Waals surface area (Å²) < 4.78 is 7.14. The van der Waals surface area contributed by atoms with Gasteiger partial charge in [0.05, 0.1) is 0 Å². The number of aromatic nitrogens is 1. The molecule has 21 heavy (non-hydrogen) atoms. The zero-order chi connectivity index (χ0) is 15.0. The van der Waals surface area contributed by atoms with Gasteiger partial charge in [-0.15, -0.1) is 6.58 Å². The molecule has 0 unspecified atom stereocenters. The Morgan fingerprint density at radius 3 is 2.76 bits per heavy atom. The van der Waals surface area contributed by atoms with E-state index in [1.54, 1.807) is 13.0 Å². The van der Waals surface area contributed by atoms with Crippen molar-refractivity contribution in [3.63, 3.8) is 0 Å². The molecule has 0 N–H and O–H groups in total. The number of aliphatic imine (C=N–C) groups is 1. The minimum absolute atomic E-state index is 0.345. The van der Waals surface area contributed by atoms with Crippen molar-refractivity contribution in [3.05, 3.63) is 53.9 Å². The summed E-state index contributed by atoms with van der Waals surface area (Å²) >= 11 is 0. The number of hydrogen-bond donors (Lipinski definition) is 0. The van der Waals surface area contributed by atoms with E-state index in [9.17, 15) is 4.79 Å². The number of benzene rings is 1. The third-order valence-corrected chi connectivity index (χ3v) is 3.60. The van der Waals surface area contributed by atoms with Gasteiger partial charge in [0, 0.05) is 35.6 Å². The Kier molecular flexibility index (Phi) is 3.22. The van der Waals surface area contributed by atoms with Crippen LogP contribution in [-0.4, -0.2) is 16.4 Å². The van der Waals surface area contributed by atoms with E-state index in [1.807, 2.05) is 31.2 Å². The van der Waals surface area contributed by atoms with E-state index in [0.717, 1.165) is 28.7 Å². The van der Waals surface area contributed by atoms with Gasteiger partial charge in [-0.05, 0) is 19.1 Å². The van der Waals surface area contributed by atoms with Crippen molar-refractivity contribution in [2.45, 2.75) is 20.4 Å². The molecule has 1 aromatic carbocycles. The van der Waals surface area contributed by atoms with Crippen LogP contribution in [0.15, 0.2) is 47.6 Å². The van der Waals surface area contributed by atoms with E-state index in [2.05, 4.69) is 22.2 Å². The molecule has 0 bridgehead atoms. The van der Waals surface area contributed by atoms with Gasteiger partial charge in [0.1, 0.15) is 0 Å². The second-order valence-corrected chi connectivity index (χ2v) is 4.97. The number of rotatable bonds is 3. The molecular formula is C17H16N2O2. The van der Waals surface area contributed by atoms with Crippen molar-refractivity contribution in [1.82, 2.24) is 4.57 Å². The Morgan fingerprint density at radius 2 is 2.10 bits per heavy atom. The van der Waals surface area contributed by atoms with Gasteiger partial charge >= 0.3 is 5.97 Å². The molecule has 0 fully saturated rings. The average Bonchev–Trinajstić information content (AvgIpc) is 2.91. The molecule has 0 spiro atoms. The van der Waals surface area contributed by atoms with Gasteiger partial charge < -0.3 is 9.30 Å². The zero-order valence-corrected chi connectivity index (χ0v) is 12.1. The van der Waals surface area contributed by atoms with Gasteiger partial charge in [-0.2, -0.15) is 0 Å². The molecule has 0 radical (unpaired) electrons. The average molecular weight is 280 g/mol. The number of cyclic esters (lactones) is 1. The summed E-state index contributed by atoms with van der Waals surface area (Å²) in [6, 6.07) is 8.11. The Labute approximate surface area is 123 Å². The second-order valence-electron chi connectivity index (χ2n) is 4.97. The Bertz CT molecular complexity index is 810. The summed E-state index contributed by atoms with van der Waals surface area (Å²) in [7, 11) is 0. The maximum atomic E-state index is 11.7. The van der Waals surface area contributed by atoms with E-state index < -0.39 is 5.97 Å². The summed E-state index contributed by atoms with van der Waals surface area (Å²) in [5, 5.41) is 1.09. The summed E-state index contributed by atoms with van der Waals surface area (Å²) in [5.74, 6) is -0.00816. The number of esters is 1. The number of carbonyl (C=O) groups excluding carboxylic acids is 1. The molecule has 2 heterocycles. The molecule has 1 aliphatic heterocycles. The molecule has 106 valence electrons. The molecule has 1 aliphatic rings. The van der Waals surface area contributed by atoms with Crippen molar-refractivity contribution in [3.8, 4) is 0 Å². The lowest BCUT2D eigenvalue weighted by molar-refractivity contribution is -0.130. The van der Waals surface area contributed by atoms with Gasteiger partial charge in [-0.25, -0.2) is 9.79 Å². The highest BCUT2D eigenvalue weighted by Gasteiger charge is 2.21. The van der Waals surface area contributed by atoms with Crippen LogP contribution in [0.3, 0.4) is 0 Å². The third-order valence-electron chi connectivity index (χ3n) is 3.60. The van der Waals surface area contributed by atoms with Gasteiger partial charge in [-0.3, -0.25) is 0 Å². The SMILES string of the molecule is C=CCn1c(C)c(/C=C2/N=C(C)OC2=O)c2ccccc21. The fourth-order valence-corrected chi connectivity index (χ4v) is 2.66. The van der Waals surface area contributed by atoms with E-state index in [-0.39, 0.29) is 0 Å². The van der Waals surface area contributed by atoms with Crippen LogP contribution < -0.4 is 0 Å². The van der Waals surface area contributed by atoms with E-state index in [4.69, 9.17) is 4.74 Å². The second kappa shape index (κ2) is 5.05. The van der Waals surface area contributed by atoms with Gasteiger partial charge in [0.2, 0.25) is 0 Å². The van der Waals surface area contributed by atoms with Gasteiger partial charge in [0.25, 0.3) is 0 Å². The number of fused-ring (bicyclic) bond motifs is 1. The number of allylic oxidation sites excluding steroid dienone is 1. The van der Waals surface area contributed by atoms with Crippen molar-refractivity contribution in [1.29, 1.82) is 0 Å². The zero-order valence-electron chi connectivity index (χ0n) is 12.1. The molecular weight excluding hydrogens is 264 g/mol. The molecule has 4 heteroatoms. The number of ether oxygens (including phenoxy) is 1. The third kappa shape index (κ3) is 2.18. The maximum Gasteiger partial charge on any atom is 0.363 e. The lowest BCUT2D eigenvalue weighted by Crippen LogP contribution is -2.00.